The van der Waals surface area contributed by atoms with Crippen LogP contribution in [0, 0.1) is 11.3 Å². The molecule has 2 atom stereocenters. The Morgan fingerprint density at radius 1 is 1.37 bits per heavy atom. The summed E-state index contributed by atoms with van der Waals surface area (Å²) in [6.07, 6.45) is 3.13. The predicted molar refractivity (Wildman–Crippen MR) is 131 cm³/mol. The number of methoxy groups -OCH3 is 1. The van der Waals surface area contributed by atoms with Crippen molar-refractivity contribution < 1.29 is 19.1 Å². The summed E-state index contributed by atoms with van der Waals surface area (Å²) in [6.45, 7) is 4.49. The summed E-state index contributed by atoms with van der Waals surface area (Å²) >= 11 is 1.34. The Bertz CT molecular complexity index is 1250. The van der Waals surface area contributed by atoms with Gasteiger partial charge in [-0.3, -0.25) is 4.79 Å². The summed E-state index contributed by atoms with van der Waals surface area (Å²) in [7, 11) is 1.61. The van der Waals surface area contributed by atoms with E-state index in [1.54, 1.807) is 31.3 Å². The van der Waals surface area contributed by atoms with E-state index in [1.807, 2.05) is 31.2 Å². The van der Waals surface area contributed by atoms with Crippen molar-refractivity contribution in [3.63, 3.8) is 0 Å². The normalized spacial score (nSPS) is 14.4. The monoisotopic (exact) mass is 493 g/mol. The molecule has 1 aliphatic rings. The third-order valence-corrected chi connectivity index (χ3v) is 7.15. The zero-order valence-electron chi connectivity index (χ0n) is 19.8. The van der Waals surface area contributed by atoms with Crippen LogP contribution in [0.3, 0.4) is 0 Å². The number of carbonyl (C=O) groups excluding carboxylic acids is 2. The summed E-state index contributed by atoms with van der Waals surface area (Å²) < 4.78 is 10.8. The van der Waals surface area contributed by atoms with Gasteiger partial charge in [0, 0.05) is 30.2 Å². The number of nitriles is 1. The Morgan fingerprint density at radius 3 is 2.91 bits per heavy atom. The maximum absolute atomic E-state index is 12.8. The molecule has 0 bridgehead atoms. The van der Waals surface area contributed by atoms with E-state index in [0.29, 0.717) is 35.9 Å². The molecule has 0 saturated carbocycles. The van der Waals surface area contributed by atoms with Crippen LogP contribution < -0.4 is 10.1 Å². The Labute approximate surface area is 207 Å². The molecule has 0 fully saturated rings. The molecule has 0 radical (unpaired) electrons. The lowest BCUT2D eigenvalue weighted by Gasteiger charge is -2.27. The quantitative estimate of drug-likeness (QED) is 0.490. The van der Waals surface area contributed by atoms with Gasteiger partial charge in [0.2, 0.25) is 5.91 Å². The van der Waals surface area contributed by atoms with Gasteiger partial charge in [-0.15, -0.1) is 11.3 Å². The standard InChI is InChI=1S/C25H27N5O4S/c1-15(17-5-4-6-18(12-17)33-3)11-22(31)29-24-20(13-26)19-7-10-30(14-21(19)35-24)25(32)34-16(2)23-27-8-9-28-23/h4-6,8-9,12,15-16H,7,10-11,14H2,1-3H3,(H,27,28)(H,29,31). The van der Waals surface area contributed by atoms with Crippen LogP contribution in [-0.2, 0) is 22.5 Å². The Hall–Kier alpha value is -3.84. The summed E-state index contributed by atoms with van der Waals surface area (Å²) in [6, 6.07) is 9.88. The number of nitrogens with zero attached hydrogens (tertiary/aromatic N) is 3. The second-order valence-electron chi connectivity index (χ2n) is 8.42. The zero-order valence-corrected chi connectivity index (χ0v) is 20.6. The largest absolute Gasteiger partial charge is 0.497 e. The van der Waals surface area contributed by atoms with Gasteiger partial charge in [0.05, 0.1) is 19.2 Å². The van der Waals surface area contributed by atoms with Gasteiger partial charge < -0.3 is 24.7 Å². The number of hydrogen-bond donors (Lipinski definition) is 2. The minimum atomic E-state index is -0.502. The van der Waals surface area contributed by atoms with Crippen molar-refractivity contribution >= 4 is 28.3 Å². The van der Waals surface area contributed by atoms with Crippen LogP contribution in [0.1, 0.15) is 59.7 Å². The number of hydrogen-bond acceptors (Lipinski definition) is 7. The first-order chi connectivity index (χ1) is 16.9. The third kappa shape index (κ3) is 5.46. The van der Waals surface area contributed by atoms with Gasteiger partial charge in [-0.25, -0.2) is 9.78 Å². The number of benzene rings is 1. The van der Waals surface area contributed by atoms with E-state index in [1.165, 1.54) is 11.3 Å². The second-order valence-corrected chi connectivity index (χ2v) is 9.53. The second kappa shape index (κ2) is 10.6. The molecule has 0 spiro atoms. The fourth-order valence-electron chi connectivity index (χ4n) is 4.07. The molecule has 182 valence electrons. The van der Waals surface area contributed by atoms with E-state index < -0.39 is 12.2 Å². The highest BCUT2D eigenvalue weighted by Crippen LogP contribution is 2.37. The van der Waals surface area contributed by atoms with Crippen molar-refractivity contribution in [2.75, 3.05) is 19.0 Å². The molecule has 4 rings (SSSR count). The molecule has 0 aliphatic carbocycles. The van der Waals surface area contributed by atoms with Crippen molar-refractivity contribution in [3.8, 4) is 11.8 Å². The predicted octanol–water partition coefficient (Wildman–Crippen LogP) is 4.74. The van der Waals surface area contributed by atoms with Gasteiger partial charge >= 0.3 is 6.09 Å². The number of amides is 2. The van der Waals surface area contributed by atoms with Crippen molar-refractivity contribution in [2.24, 2.45) is 0 Å². The smallest absolute Gasteiger partial charge is 0.410 e. The first-order valence-corrected chi connectivity index (χ1v) is 12.1. The summed E-state index contributed by atoms with van der Waals surface area (Å²) in [5.41, 5.74) is 2.37. The highest BCUT2D eigenvalue weighted by molar-refractivity contribution is 7.16. The van der Waals surface area contributed by atoms with Crippen molar-refractivity contribution in [2.45, 2.75) is 45.3 Å². The molecule has 10 heteroatoms. The highest BCUT2D eigenvalue weighted by Gasteiger charge is 2.29. The van der Waals surface area contributed by atoms with Gasteiger partial charge in [0.1, 0.15) is 22.6 Å². The maximum Gasteiger partial charge on any atom is 0.410 e. The molecule has 2 amide bonds. The molecule has 3 heterocycles. The molecular formula is C25H27N5O4S. The van der Waals surface area contributed by atoms with Crippen LogP contribution in [0.4, 0.5) is 9.80 Å². The zero-order chi connectivity index (χ0) is 24.9. The Kier molecular flexibility index (Phi) is 7.36. The SMILES string of the molecule is COc1cccc(C(C)CC(=O)Nc2sc3c(c2C#N)CCN(C(=O)OC(C)c2ncc[nH]2)C3)c1. The van der Waals surface area contributed by atoms with Crippen LogP contribution >= 0.6 is 11.3 Å². The molecule has 35 heavy (non-hydrogen) atoms. The number of fused-ring (bicyclic) bond motifs is 1. The van der Waals surface area contributed by atoms with Crippen LogP contribution in [0.25, 0.3) is 0 Å². The average Bonchev–Trinajstić information content (AvgIpc) is 3.51. The van der Waals surface area contributed by atoms with Gasteiger partial charge in [-0.2, -0.15) is 5.26 Å². The molecule has 0 saturated heterocycles. The van der Waals surface area contributed by atoms with Crippen LogP contribution in [0.5, 0.6) is 5.75 Å². The summed E-state index contributed by atoms with van der Waals surface area (Å²) in [5, 5.41) is 13.2. The molecular weight excluding hydrogens is 466 g/mol. The number of aromatic nitrogens is 2. The lowest BCUT2D eigenvalue weighted by Crippen LogP contribution is -2.36. The number of imidazole rings is 1. The molecule has 2 unspecified atom stereocenters. The number of anilines is 1. The van der Waals surface area contributed by atoms with Crippen LogP contribution in [0.15, 0.2) is 36.7 Å². The van der Waals surface area contributed by atoms with Crippen LogP contribution in [0.2, 0.25) is 0 Å². The highest BCUT2D eigenvalue weighted by atomic mass is 32.1. The van der Waals surface area contributed by atoms with Gasteiger partial charge in [-0.1, -0.05) is 19.1 Å². The number of nitrogens with one attached hydrogen (secondary N) is 2. The molecule has 9 nitrogen and oxygen atoms in total. The van der Waals surface area contributed by atoms with E-state index >= 15 is 0 Å². The lowest BCUT2D eigenvalue weighted by molar-refractivity contribution is -0.116. The topological polar surface area (TPSA) is 120 Å². The van der Waals surface area contributed by atoms with E-state index in [9.17, 15) is 14.9 Å². The Balaban J connectivity index is 1.41. The number of H-pyrrole nitrogens is 1. The number of aromatic amines is 1. The number of ether oxygens (including phenoxy) is 2. The first-order valence-electron chi connectivity index (χ1n) is 11.3. The maximum atomic E-state index is 12.8. The van der Waals surface area contributed by atoms with Gasteiger partial charge in [0.15, 0.2) is 6.10 Å². The number of thiophene rings is 1. The minimum Gasteiger partial charge on any atom is -0.497 e. The van der Waals surface area contributed by atoms with Crippen molar-refractivity contribution in [1.82, 2.24) is 14.9 Å². The van der Waals surface area contributed by atoms with Crippen LogP contribution in [-0.4, -0.2) is 40.5 Å². The fourth-order valence-corrected chi connectivity index (χ4v) is 5.30. The molecule has 1 aliphatic heterocycles. The summed E-state index contributed by atoms with van der Waals surface area (Å²) in [4.78, 5) is 35.0. The molecule has 2 aromatic heterocycles. The third-order valence-electron chi connectivity index (χ3n) is 6.02. The lowest BCUT2D eigenvalue weighted by atomic mass is 9.97. The Morgan fingerprint density at radius 2 is 2.20 bits per heavy atom. The van der Waals surface area contributed by atoms with Crippen molar-refractivity contribution in [1.29, 1.82) is 5.26 Å². The number of carbonyl (C=O) groups is 2. The number of rotatable bonds is 7. The molecule has 3 aromatic rings. The van der Waals surface area contributed by atoms with Crippen molar-refractivity contribution in [3.05, 3.63) is 64.1 Å². The average molecular weight is 494 g/mol. The van der Waals surface area contributed by atoms with E-state index in [2.05, 4.69) is 21.4 Å². The van der Waals surface area contributed by atoms with Gasteiger partial charge in [0.25, 0.3) is 0 Å². The fraction of sp³-hybridized carbons (Fsp3) is 0.360. The van der Waals surface area contributed by atoms with Gasteiger partial charge in [-0.05, 0) is 42.5 Å². The van der Waals surface area contributed by atoms with E-state index in [-0.39, 0.29) is 18.2 Å². The molecule has 1 aromatic carbocycles. The van der Waals surface area contributed by atoms with E-state index in [0.717, 1.165) is 21.8 Å². The first kappa shape index (κ1) is 24.3. The van der Waals surface area contributed by atoms with E-state index in [4.69, 9.17) is 9.47 Å². The minimum absolute atomic E-state index is 0.0216. The summed E-state index contributed by atoms with van der Waals surface area (Å²) in [5.74, 6) is 1.13. The molecule has 2 N–H and O–H groups in total.